The summed E-state index contributed by atoms with van der Waals surface area (Å²) in [7, 11) is 0. The summed E-state index contributed by atoms with van der Waals surface area (Å²) >= 11 is 1.91. The summed E-state index contributed by atoms with van der Waals surface area (Å²) in [6.45, 7) is 3.23. The molecule has 1 aliphatic heterocycles. The molecule has 2 aromatic heterocycles. The average molecular weight is 314 g/mol. The number of thioether (sulfide) groups is 1. The van der Waals surface area contributed by atoms with Crippen LogP contribution in [0.3, 0.4) is 0 Å². The van der Waals surface area contributed by atoms with Gasteiger partial charge >= 0.3 is 0 Å². The fourth-order valence-electron chi connectivity index (χ4n) is 2.92. The molecule has 0 amide bonds. The third-order valence-corrected chi connectivity index (χ3v) is 4.77. The lowest BCUT2D eigenvalue weighted by atomic mass is 10.2. The number of hydrogen-bond donors (Lipinski definition) is 0. The monoisotopic (exact) mass is 314 g/mol. The van der Waals surface area contributed by atoms with E-state index >= 15 is 0 Å². The third-order valence-electron chi connectivity index (χ3n) is 4.05. The topological polar surface area (TPSA) is 41.9 Å². The molecule has 3 heterocycles. The Morgan fingerprint density at radius 2 is 2.23 bits per heavy atom. The summed E-state index contributed by atoms with van der Waals surface area (Å²) < 4.78 is 0. The molecule has 1 aliphatic rings. The van der Waals surface area contributed by atoms with Gasteiger partial charge in [-0.05, 0) is 37.7 Å². The van der Waals surface area contributed by atoms with Crippen molar-refractivity contribution in [2.45, 2.75) is 32.2 Å². The zero-order valence-corrected chi connectivity index (χ0v) is 14.0. The predicted molar refractivity (Wildman–Crippen MR) is 93.4 cm³/mol. The van der Waals surface area contributed by atoms with Crippen molar-refractivity contribution in [3.63, 3.8) is 0 Å². The van der Waals surface area contributed by atoms with E-state index in [9.17, 15) is 0 Å². The zero-order chi connectivity index (χ0) is 15.4. The molecule has 1 atom stereocenters. The van der Waals surface area contributed by atoms with E-state index in [2.05, 4.69) is 34.1 Å². The quantitative estimate of drug-likeness (QED) is 0.846. The van der Waals surface area contributed by atoms with Crippen LogP contribution in [0.15, 0.2) is 30.5 Å². The number of nitrogens with zero attached hydrogens (tertiary/aromatic N) is 4. The molecule has 0 bridgehead atoms. The molecular weight excluding hydrogens is 292 g/mol. The van der Waals surface area contributed by atoms with E-state index in [1.54, 1.807) is 6.20 Å². The van der Waals surface area contributed by atoms with Crippen molar-refractivity contribution in [2.24, 2.45) is 0 Å². The molecule has 0 N–H and O–H groups in total. The van der Waals surface area contributed by atoms with Crippen molar-refractivity contribution in [2.75, 3.05) is 23.5 Å². The molecule has 1 saturated heterocycles. The molecule has 0 aliphatic carbocycles. The summed E-state index contributed by atoms with van der Waals surface area (Å²) in [6, 6.07) is 8.61. The molecule has 0 spiro atoms. The van der Waals surface area contributed by atoms with Gasteiger partial charge in [0, 0.05) is 36.3 Å². The molecule has 1 unspecified atom stereocenters. The first-order valence-corrected chi connectivity index (χ1v) is 9.26. The van der Waals surface area contributed by atoms with Crippen molar-refractivity contribution in [1.82, 2.24) is 15.0 Å². The van der Waals surface area contributed by atoms with Gasteiger partial charge in [0.1, 0.15) is 11.5 Å². The fraction of sp³-hybridized carbons (Fsp3) is 0.471. The maximum Gasteiger partial charge on any atom is 0.180 e. The van der Waals surface area contributed by atoms with E-state index in [4.69, 9.17) is 4.98 Å². The predicted octanol–water partition coefficient (Wildman–Crippen LogP) is 3.43. The van der Waals surface area contributed by atoms with Crippen molar-refractivity contribution in [3.8, 4) is 11.5 Å². The molecule has 116 valence electrons. The van der Waals surface area contributed by atoms with Gasteiger partial charge in [-0.1, -0.05) is 13.0 Å². The Morgan fingerprint density at radius 3 is 2.95 bits per heavy atom. The molecule has 5 heteroatoms. The second-order valence-electron chi connectivity index (χ2n) is 5.55. The standard InChI is InChI=1S/C17H22N4S/c1-3-13-11-16(21-10-6-7-14(21)12-22-2)20-17(19-13)15-8-4-5-9-18-15/h4-5,8-9,11,14H,3,6-7,10,12H2,1-2H3. The van der Waals surface area contributed by atoms with Crippen molar-refractivity contribution in [1.29, 1.82) is 0 Å². The molecule has 22 heavy (non-hydrogen) atoms. The van der Waals surface area contributed by atoms with E-state index in [1.807, 2.05) is 30.0 Å². The van der Waals surface area contributed by atoms with Crippen LogP contribution in [0.25, 0.3) is 11.5 Å². The van der Waals surface area contributed by atoms with Gasteiger partial charge in [-0.15, -0.1) is 0 Å². The largest absolute Gasteiger partial charge is 0.353 e. The fourth-order valence-corrected chi connectivity index (χ4v) is 3.66. The van der Waals surface area contributed by atoms with Gasteiger partial charge in [0.15, 0.2) is 5.82 Å². The van der Waals surface area contributed by atoms with Crippen LogP contribution in [0.1, 0.15) is 25.5 Å². The molecule has 2 aromatic rings. The maximum atomic E-state index is 4.81. The van der Waals surface area contributed by atoms with Gasteiger partial charge in [-0.3, -0.25) is 4.98 Å². The third kappa shape index (κ3) is 3.24. The van der Waals surface area contributed by atoms with Gasteiger partial charge in [0.25, 0.3) is 0 Å². The summed E-state index contributed by atoms with van der Waals surface area (Å²) in [5, 5.41) is 0. The molecule has 0 radical (unpaired) electrons. The van der Waals surface area contributed by atoms with E-state index in [1.165, 1.54) is 12.8 Å². The van der Waals surface area contributed by atoms with Crippen LogP contribution in [-0.4, -0.2) is 39.5 Å². The van der Waals surface area contributed by atoms with Gasteiger partial charge in [-0.2, -0.15) is 11.8 Å². The van der Waals surface area contributed by atoms with Crippen LogP contribution in [0.2, 0.25) is 0 Å². The lowest BCUT2D eigenvalue weighted by molar-refractivity contribution is 0.735. The Morgan fingerprint density at radius 1 is 1.32 bits per heavy atom. The summed E-state index contributed by atoms with van der Waals surface area (Å²) in [4.78, 5) is 16.3. The van der Waals surface area contributed by atoms with Gasteiger partial charge in [0.05, 0.1) is 0 Å². The summed E-state index contributed by atoms with van der Waals surface area (Å²) in [5.74, 6) is 2.96. The average Bonchev–Trinajstić information content (AvgIpc) is 3.04. The highest BCUT2D eigenvalue weighted by Gasteiger charge is 2.26. The second-order valence-corrected chi connectivity index (χ2v) is 6.47. The number of pyridine rings is 1. The van der Waals surface area contributed by atoms with Crippen LogP contribution in [0, 0.1) is 0 Å². The molecule has 3 rings (SSSR count). The molecule has 0 saturated carbocycles. The number of hydrogen-bond acceptors (Lipinski definition) is 5. The first-order chi connectivity index (χ1) is 10.8. The smallest absolute Gasteiger partial charge is 0.180 e. The Bertz CT molecular complexity index is 617. The number of aryl methyl sites for hydroxylation is 1. The Kier molecular flexibility index (Phi) is 4.93. The normalized spacial score (nSPS) is 17.9. The van der Waals surface area contributed by atoms with E-state index < -0.39 is 0 Å². The Labute approximate surface area is 136 Å². The molecular formula is C17H22N4S. The first-order valence-electron chi connectivity index (χ1n) is 7.86. The molecule has 4 nitrogen and oxygen atoms in total. The van der Waals surface area contributed by atoms with Gasteiger partial charge < -0.3 is 4.90 Å². The highest BCUT2D eigenvalue weighted by Crippen LogP contribution is 2.27. The van der Waals surface area contributed by atoms with E-state index in [0.29, 0.717) is 6.04 Å². The van der Waals surface area contributed by atoms with E-state index in [-0.39, 0.29) is 0 Å². The van der Waals surface area contributed by atoms with Gasteiger partial charge in [-0.25, -0.2) is 9.97 Å². The van der Waals surface area contributed by atoms with Crippen LogP contribution < -0.4 is 4.90 Å². The highest BCUT2D eigenvalue weighted by atomic mass is 32.2. The SMILES string of the molecule is CCc1cc(N2CCCC2CSC)nc(-c2ccccn2)n1. The van der Waals surface area contributed by atoms with Crippen LogP contribution in [-0.2, 0) is 6.42 Å². The molecule has 1 fully saturated rings. The second kappa shape index (κ2) is 7.09. The number of anilines is 1. The highest BCUT2D eigenvalue weighted by molar-refractivity contribution is 7.98. The number of aromatic nitrogens is 3. The first kappa shape index (κ1) is 15.3. The van der Waals surface area contributed by atoms with Gasteiger partial charge in [0.2, 0.25) is 0 Å². The van der Waals surface area contributed by atoms with Crippen molar-refractivity contribution >= 4 is 17.6 Å². The zero-order valence-electron chi connectivity index (χ0n) is 13.2. The minimum Gasteiger partial charge on any atom is -0.353 e. The van der Waals surface area contributed by atoms with E-state index in [0.717, 1.165) is 41.7 Å². The number of rotatable bonds is 5. The summed E-state index contributed by atoms with van der Waals surface area (Å²) in [5.41, 5.74) is 1.93. The Hall–Kier alpha value is -1.62. The van der Waals surface area contributed by atoms with Crippen LogP contribution in [0.5, 0.6) is 0 Å². The maximum absolute atomic E-state index is 4.81. The van der Waals surface area contributed by atoms with Crippen molar-refractivity contribution < 1.29 is 0 Å². The minimum atomic E-state index is 0.589. The Balaban J connectivity index is 1.97. The lowest BCUT2D eigenvalue weighted by Gasteiger charge is -2.25. The van der Waals surface area contributed by atoms with Crippen LogP contribution >= 0.6 is 11.8 Å². The summed E-state index contributed by atoms with van der Waals surface area (Å²) in [6.07, 6.45) is 7.38. The van der Waals surface area contributed by atoms with Crippen molar-refractivity contribution in [3.05, 3.63) is 36.2 Å². The van der Waals surface area contributed by atoms with Crippen LogP contribution in [0.4, 0.5) is 5.82 Å². The minimum absolute atomic E-state index is 0.589. The lowest BCUT2D eigenvalue weighted by Crippen LogP contribution is -2.32. The molecule has 0 aromatic carbocycles.